The minimum Gasteiger partial charge on any atom is -0.396 e. The maximum Gasteiger partial charge on any atom is 0.293 e. The van der Waals surface area contributed by atoms with Crippen LogP contribution in [0.1, 0.15) is 48.5 Å². The number of nitro groups is 1. The van der Waals surface area contributed by atoms with Crippen molar-refractivity contribution in [2.75, 3.05) is 88.0 Å². The molecule has 2 atom stereocenters. The molecule has 1 unspecified atom stereocenters. The van der Waals surface area contributed by atoms with E-state index >= 15 is 0 Å². The molecular weight excluding hydrogens is 846 g/mol. The molecule has 2 aliphatic heterocycles. The van der Waals surface area contributed by atoms with E-state index in [0.717, 1.165) is 106 Å². The van der Waals surface area contributed by atoms with E-state index in [-0.39, 0.29) is 29.3 Å². The Bertz CT molecular complexity index is 2300. The number of benzene rings is 4. The second-order valence-electron chi connectivity index (χ2n) is 16.8. The summed E-state index contributed by atoms with van der Waals surface area (Å²) in [5, 5.41) is 29.1. The van der Waals surface area contributed by atoms with E-state index in [1.807, 2.05) is 54.6 Å². The molecule has 1 aliphatic carbocycles. The molecule has 0 radical (unpaired) electrons. The van der Waals surface area contributed by atoms with Gasteiger partial charge in [-0.1, -0.05) is 54.4 Å². The van der Waals surface area contributed by atoms with Crippen LogP contribution in [-0.2, 0) is 10.0 Å². The van der Waals surface area contributed by atoms with Crippen molar-refractivity contribution in [2.24, 2.45) is 5.41 Å². The van der Waals surface area contributed by atoms with Gasteiger partial charge in [-0.2, -0.15) is 0 Å². The summed E-state index contributed by atoms with van der Waals surface area (Å²) in [5.74, 6) is -0.330. The average Bonchev–Trinajstić information content (AvgIpc) is 3.27. The van der Waals surface area contributed by atoms with Crippen LogP contribution in [0.4, 0.5) is 17.1 Å². The predicted molar refractivity (Wildman–Crippen MR) is 249 cm³/mol. The van der Waals surface area contributed by atoms with Crippen molar-refractivity contribution in [1.82, 2.24) is 19.8 Å². The number of aliphatic hydroxyl groups is 1. The zero-order chi connectivity index (χ0) is 43.7. The average molecular weight is 903 g/mol. The van der Waals surface area contributed by atoms with Gasteiger partial charge in [0.2, 0.25) is 0 Å². The van der Waals surface area contributed by atoms with Crippen LogP contribution in [0.3, 0.4) is 0 Å². The van der Waals surface area contributed by atoms with Crippen LogP contribution >= 0.6 is 23.4 Å². The van der Waals surface area contributed by atoms with Gasteiger partial charge in [-0.3, -0.25) is 19.8 Å². The summed E-state index contributed by atoms with van der Waals surface area (Å²) in [4.78, 5) is 32.7. The van der Waals surface area contributed by atoms with Crippen LogP contribution in [0, 0.1) is 15.5 Å². The summed E-state index contributed by atoms with van der Waals surface area (Å²) in [6.07, 6.45) is 3.59. The second kappa shape index (κ2) is 20.8. The SMILES string of the molecule is CC1(CN2CCNCC2)CCC(c2ccc(Cl)cc2)=C(CN2CCN(c3ccc(C(=O)NS(=O)(=O)c4ccc(N[C@H](CCO)CSc5ccccc5)c([N+](=O)[O-])c4)cc3)CC2)C1. The van der Waals surface area contributed by atoms with Crippen molar-refractivity contribution < 1.29 is 23.2 Å². The van der Waals surface area contributed by atoms with E-state index in [1.165, 1.54) is 40.6 Å². The van der Waals surface area contributed by atoms with Crippen LogP contribution in [0.25, 0.3) is 5.57 Å². The van der Waals surface area contributed by atoms with Gasteiger partial charge in [0.1, 0.15) is 5.69 Å². The number of carbonyl (C=O) groups is 1. The van der Waals surface area contributed by atoms with Gasteiger partial charge in [-0.05, 0) is 103 Å². The molecule has 4 aromatic rings. The number of allylic oxidation sites excluding steroid dienone is 1. The number of nitrogens with zero attached hydrogens (tertiary/aromatic N) is 4. The van der Waals surface area contributed by atoms with E-state index in [1.54, 1.807) is 12.1 Å². The summed E-state index contributed by atoms with van der Waals surface area (Å²) in [6.45, 7) is 12.0. The lowest BCUT2D eigenvalue weighted by Gasteiger charge is -2.43. The maximum absolute atomic E-state index is 13.4. The van der Waals surface area contributed by atoms with Gasteiger partial charge in [0, 0.05) is 111 Å². The van der Waals surface area contributed by atoms with Crippen molar-refractivity contribution in [2.45, 2.75) is 48.4 Å². The first-order valence-corrected chi connectivity index (χ1v) is 24.1. The van der Waals surface area contributed by atoms with Crippen molar-refractivity contribution in [1.29, 1.82) is 0 Å². The van der Waals surface area contributed by atoms with Crippen LogP contribution in [0.5, 0.6) is 0 Å². The molecule has 13 nitrogen and oxygen atoms in total. The zero-order valence-corrected chi connectivity index (χ0v) is 37.5. The highest BCUT2D eigenvalue weighted by atomic mass is 35.5. The van der Waals surface area contributed by atoms with Crippen LogP contribution in [-0.4, -0.2) is 118 Å². The summed E-state index contributed by atoms with van der Waals surface area (Å²) < 4.78 is 28.8. The third kappa shape index (κ3) is 11.9. The lowest BCUT2D eigenvalue weighted by molar-refractivity contribution is -0.384. The minimum atomic E-state index is -4.46. The Morgan fingerprint density at radius 2 is 1.66 bits per heavy atom. The Labute approximate surface area is 374 Å². The van der Waals surface area contributed by atoms with Gasteiger partial charge in [0.15, 0.2) is 0 Å². The highest BCUT2D eigenvalue weighted by molar-refractivity contribution is 7.99. The Morgan fingerprint density at radius 3 is 2.34 bits per heavy atom. The number of halogens is 1. The molecule has 16 heteroatoms. The number of piperazine rings is 2. The predicted octanol–water partition coefficient (Wildman–Crippen LogP) is 6.99. The molecule has 1 amide bonds. The molecule has 7 rings (SSSR count). The normalized spacial score (nSPS) is 19.6. The molecular formula is C46H56ClN7O6S2. The van der Waals surface area contributed by atoms with E-state index in [4.69, 9.17) is 11.6 Å². The molecule has 0 aromatic heterocycles. The molecule has 2 heterocycles. The van der Waals surface area contributed by atoms with Gasteiger partial charge in [0.25, 0.3) is 21.6 Å². The monoisotopic (exact) mass is 901 g/mol. The number of aliphatic hydroxyl groups excluding tert-OH is 1. The molecule has 62 heavy (non-hydrogen) atoms. The molecule has 0 spiro atoms. The number of carbonyl (C=O) groups excluding carboxylic acids is 1. The Balaban J connectivity index is 0.957. The molecule has 4 aromatic carbocycles. The van der Waals surface area contributed by atoms with Crippen LogP contribution in [0.15, 0.2) is 112 Å². The fourth-order valence-corrected chi connectivity index (χ4v) is 10.9. The van der Waals surface area contributed by atoms with Gasteiger partial charge in [-0.15, -0.1) is 11.8 Å². The van der Waals surface area contributed by atoms with Crippen molar-refractivity contribution in [3.05, 3.63) is 129 Å². The Hall–Kier alpha value is -4.48. The minimum absolute atomic E-state index is 0.113. The van der Waals surface area contributed by atoms with Gasteiger partial charge in [0.05, 0.1) is 9.82 Å². The summed E-state index contributed by atoms with van der Waals surface area (Å²) in [7, 11) is -4.46. The number of sulfonamides is 1. The third-order valence-electron chi connectivity index (χ3n) is 12.1. The summed E-state index contributed by atoms with van der Waals surface area (Å²) in [5.41, 5.74) is 5.17. The fraction of sp³-hybridized carbons (Fsp3) is 0.413. The van der Waals surface area contributed by atoms with E-state index in [2.05, 4.69) is 49.1 Å². The fourth-order valence-electron chi connectivity index (χ4n) is 8.74. The number of nitrogens with one attached hydrogen (secondary N) is 3. The number of nitro benzene ring substituents is 1. The third-order valence-corrected chi connectivity index (χ3v) is 14.8. The number of amides is 1. The molecule has 3 aliphatic rings. The first-order valence-electron chi connectivity index (χ1n) is 21.3. The van der Waals surface area contributed by atoms with Gasteiger partial charge >= 0.3 is 0 Å². The Morgan fingerprint density at radius 1 is 0.952 bits per heavy atom. The number of anilines is 2. The molecule has 0 bridgehead atoms. The van der Waals surface area contributed by atoms with Gasteiger partial charge < -0.3 is 25.5 Å². The molecule has 2 fully saturated rings. The number of rotatable bonds is 17. The number of hydrogen-bond donors (Lipinski definition) is 4. The molecule has 2 saturated heterocycles. The molecule has 0 saturated carbocycles. The van der Waals surface area contributed by atoms with Crippen molar-refractivity contribution >= 4 is 61.9 Å². The quantitative estimate of drug-likeness (QED) is 0.0490. The largest absolute Gasteiger partial charge is 0.396 e. The number of hydrogen-bond acceptors (Lipinski definition) is 12. The topological polar surface area (TPSA) is 160 Å². The van der Waals surface area contributed by atoms with Crippen molar-refractivity contribution in [3.63, 3.8) is 0 Å². The van der Waals surface area contributed by atoms with E-state index < -0.39 is 31.4 Å². The Kier molecular flexibility index (Phi) is 15.3. The zero-order valence-electron chi connectivity index (χ0n) is 35.1. The molecule has 330 valence electrons. The standard InChI is InChI=1S/C46H56ClN7O6S2/c1-46(33-52-22-20-48-21-23-52)19-17-42(34-7-11-37(47)12-8-34)36(30-46)31-51-24-26-53(27-25-51)39-13-9-35(10-14-39)45(56)50-62(59,60)41-15-16-43(44(29-41)54(57)58)49-38(18-28-55)32-61-40-5-3-2-4-6-40/h2-16,29,38,48-49,55H,17-28,30-33H2,1H3,(H,50,56)/t38-,46?/m1/s1. The second-order valence-corrected chi connectivity index (χ2v) is 20.0. The molecule has 4 N–H and O–H groups in total. The number of thioether (sulfide) groups is 1. The van der Waals surface area contributed by atoms with E-state index in [9.17, 15) is 28.4 Å². The van der Waals surface area contributed by atoms with Gasteiger partial charge in [-0.25, -0.2) is 13.1 Å². The van der Waals surface area contributed by atoms with Crippen LogP contribution in [0.2, 0.25) is 5.02 Å². The highest BCUT2D eigenvalue weighted by Crippen LogP contribution is 2.44. The lowest BCUT2D eigenvalue weighted by Crippen LogP contribution is -2.49. The van der Waals surface area contributed by atoms with Crippen molar-refractivity contribution in [3.8, 4) is 0 Å². The first-order chi connectivity index (χ1) is 29.9. The smallest absolute Gasteiger partial charge is 0.293 e. The highest BCUT2D eigenvalue weighted by Gasteiger charge is 2.35. The summed E-state index contributed by atoms with van der Waals surface area (Å²) in [6, 6.07) is 27.9. The van der Waals surface area contributed by atoms with Crippen LogP contribution < -0.4 is 20.3 Å². The summed E-state index contributed by atoms with van der Waals surface area (Å²) >= 11 is 7.81. The first kappa shape index (κ1) is 45.5. The van der Waals surface area contributed by atoms with E-state index in [0.29, 0.717) is 12.2 Å². The lowest BCUT2D eigenvalue weighted by atomic mass is 9.71. The maximum atomic E-state index is 13.4.